The fourth-order valence-corrected chi connectivity index (χ4v) is 1.95. The first-order valence-corrected chi connectivity index (χ1v) is 5.78. The first-order chi connectivity index (χ1) is 8.43. The molecule has 0 aliphatic carbocycles. The Morgan fingerprint density at radius 1 is 1.28 bits per heavy atom. The summed E-state index contributed by atoms with van der Waals surface area (Å²) in [5.41, 5.74) is 2.19. The molecular formula is C13H15ClN2O2. The fourth-order valence-electron chi connectivity index (χ4n) is 1.95. The van der Waals surface area contributed by atoms with Crippen LogP contribution in [0.1, 0.15) is 16.9 Å². The van der Waals surface area contributed by atoms with Gasteiger partial charge in [0.2, 0.25) is 0 Å². The van der Waals surface area contributed by atoms with E-state index >= 15 is 0 Å². The average Bonchev–Trinajstić information content (AvgIpc) is 2.81. The number of hydrogen-bond acceptors (Lipinski definition) is 4. The van der Waals surface area contributed by atoms with Crippen LogP contribution in [0.3, 0.4) is 0 Å². The zero-order valence-corrected chi connectivity index (χ0v) is 10.7. The normalized spacial score (nSPS) is 13.6. The minimum atomic E-state index is 0. The summed E-state index contributed by atoms with van der Waals surface area (Å²) in [5, 5.41) is 7.26. The molecule has 0 amide bonds. The number of ether oxygens (including phenoxy) is 1. The van der Waals surface area contributed by atoms with Gasteiger partial charge < -0.3 is 14.6 Å². The van der Waals surface area contributed by atoms with E-state index in [9.17, 15) is 0 Å². The van der Waals surface area contributed by atoms with Crippen LogP contribution in [0, 0.1) is 0 Å². The molecule has 2 heterocycles. The SMILES string of the molecule is Cl.c1ccc(COc2noc3c2CNCC3)cc1. The molecule has 2 aromatic rings. The number of halogens is 1. The predicted molar refractivity (Wildman–Crippen MR) is 69.9 cm³/mol. The lowest BCUT2D eigenvalue weighted by atomic mass is 10.1. The lowest BCUT2D eigenvalue weighted by molar-refractivity contribution is 0.265. The molecule has 96 valence electrons. The third-order valence-corrected chi connectivity index (χ3v) is 2.88. The van der Waals surface area contributed by atoms with E-state index in [1.54, 1.807) is 0 Å². The van der Waals surface area contributed by atoms with Crippen molar-refractivity contribution >= 4 is 12.4 Å². The first-order valence-electron chi connectivity index (χ1n) is 5.78. The molecule has 1 N–H and O–H groups in total. The van der Waals surface area contributed by atoms with Gasteiger partial charge >= 0.3 is 0 Å². The third-order valence-electron chi connectivity index (χ3n) is 2.88. The van der Waals surface area contributed by atoms with E-state index in [2.05, 4.69) is 10.5 Å². The van der Waals surface area contributed by atoms with E-state index in [-0.39, 0.29) is 12.4 Å². The van der Waals surface area contributed by atoms with E-state index < -0.39 is 0 Å². The predicted octanol–water partition coefficient (Wildman–Crippen LogP) is 2.32. The van der Waals surface area contributed by atoms with Gasteiger partial charge in [0.1, 0.15) is 12.4 Å². The summed E-state index contributed by atoms with van der Waals surface area (Å²) in [7, 11) is 0. The van der Waals surface area contributed by atoms with Crippen LogP contribution in [-0.4, -0.2) is 11.7 Å². The third kappa shape index (κ3) is 2.66. The highest BCUT2D eigenvalue weighted by Crippen LogP contribution is 2.24. The quantitative estimate of drug-likeness (QED) is 0.926. The molecule has 0 saturated heterocycles. The van der Waals surface area contributed by atoms with Crippen molar-refractivity contribution in [1.29, 1.82) is 0 Å². The van der Waals surface area contributed by atoms with Crippen molar-refractivity contribution in [2.45, 2.75) is 19.6 Å². The van der Waals surface area contributed by atoms with Gasteiger partial charge in [-0.2, -0.15) is 0 Å². The molecule has 5 heteroatoms. The zero-order valence-electron chi connectivity index (χ0n) is 9.89. The molecular weight excluding hydrogens is 252 g/mol. The minimum absolute atomic E-state index is 0. The average molecular weight is 267 g/mol. The number of rotatable bonds is 3. The Kier molecular flexibility index (Phi) is 4.23. The number of nitrogens with one attached hydrogen (secondary N) is 1. The second kappa shape index (κ2) is 5.89. The van der Waals surface area contributed by atoms with Crippen LogP contribution in [0.15, 0.2) is 34.9 Å². The molecule has 1 aliphatic rings. The second-order valence-corrected chi connectivity index (χ2v) is 4.09. The van der Waals surface area contributed by atoms with Crippen molar-refractivity contribution in [2.75, 3.05) is 6.54 Å². The number of fused-ring (bicyclic) bond motifs is 1. The van der Waals surface area contributed by atoms with Gasteiger partial charge in [-0.1, -0.05) is 30.3 Å². The Hall–Kier alpha value is -1.52. The smallest absolute Gasteiger partial charge is 0.259 e. The van der Waals surface area contributed by atoms with Crippen LogP contribution >= 0.6 is 12.4 Å². The highest BCUT2D eigenvalue weighted by Gasteiger charge is 2.20. The number of nitrogens with zero attached hydrogens (tertiary/aromatic N) is 1. The van der Waals surface area contributed by atoms with Gasteiger partial charge in [-0.25, -0.2) is 0 Å². The summed E-state index contributed by atoms with van der Waals surface area (Å²) in [6.45, 7) is 2.25. The maximum absolute atomic E-state index is 5.69. The molecule has 3 rings (SSSR count). The number of benzene rings is 1. The Labute approximate surface area is 112 Å². The zero-order chi connectivity index (χ0) is 11.5. The van der Waals surface area contributed by atoms with Gasteiger partial charge in [0.15, 0.2) is 0 Å². The largest absolute Gasteiger partial charge is 0.470 e. The molecule has 0 saturated carbocycles. The van der Waals surface area contributed by atoms with Gasteiger partial charge in [0.05, 0.1) is 5.56 Å². The van der Waals surface area contributed by atoms with Gasteiger partial charge in [0.25, 0.3) is 5.88 Å². The van der Waals surface area contributed by atoms with E-state index in [1.165, 1.54) is 0 Å². The Morgan fingerprint density at radius 3 is 2.94 bits per heavy atom. The molecule has 0 spiro atoms. The van der Waals surface area contributed by atoms with Crippen molar-refractivity contribution in [3.8, 4) is 5.88 Å². The van der Waals surface area contributed by atoms with Crippen molar-refractivity contribution in [1.82, 2.24) is 10.5 Å². The van der Waals surface area contributed by atoms with Crippen LogP contribution in [0.25, 0.3) is 0 Å². The maximum Gasteiger partial charge on any atom is 0.259 e. The van der Waals surface area contributed by atoms with Gasteiger partial charge in [-0.05, 0) is 10.7 Å². The molecule has 1 aliphatic heterocycles. The first kappa shape index (κ1) is 12.9. The van der Waals surface area contributed by atoms with E-state index in [1.807, 2.05) is 30.3 Å². The summed E-state index contributed by atoms with van der Waals surface area (Å²) in [4.78, 5) is 0. The molecule has 0 unspecified atom stereocenters. The van der Waals surface area contributed by atoms with Crippen LogP contribution < -0.4 is 10.1 Å². The maximum atomic E-state index is 5.69. The monoisotopic (exact) mass is 266 g/mol. The summed E-state index contributed by atoms with van der Waals surface area (Å²) in [5.74, 6) is 1.57. The van der Waals surface area contributed by atoms with Crippen LogP contribution in [0.2, 0.25) is 0 Å². The fraction of sp³-hybridized carbons (Fsp3) is 0.308. The van der Waals surface area contributed by atoms with E-state index in [4.69, 9.17) is 9.26 Å². The molecule has 0 fully saturated rings. The Bertz CT molecular complexity index is 499. The summed E-state index contributed by atoms with van der Waals surface area (Å²) in [6, 6.07) is 10.1. The minimum Gasteiger partial charge on any atom is -0.470 e. The standard InChI is InChI=1S/C13H14N2O2.ClH/c1-2-4-10(5-3-1)9-16-13-11-8-14-7-6-12(11)17-15-13;/h1-5,14H,6-9H2;1H. The number of hydrogen-bond donors (Lipinski definition) is 1. The van der Waals surface area contributed by atoms with Crippen LogP contribution in [-0.2, 0) is 19.6 Å². The summed E-state index contributed by atoms with van der Waals surface area (Å²) in [6.07, 6.45) is 0.886. The van der Waals surface area contributed by atoms with Crippen molar-refractivity contribution in [3.05, 3.63) is 47.2 Å². The molecule has 4 nitrogen and oxygen atoms in total. The van der Waals surface area contributed by atoms with E-state index in [0.29, 0.717) is 12.5 Å². The topological polar surface area (TPSA) is 47.3 Å². The molecule has 1 aromatic carbocycles. The Morgan fingerprint density at radius 2 is 2.11 bits per heavy atom. The van der Waals surface area contributed by atoms with Crippen LogP contribution in [0.4, 0.5) is 0 Å². The van der Waals surface area contributed by atoms with Crippen molar-refractivity contribution < 1.29 is 9.26 Å². The van der Waals surface area contributed by atoms with Gasteiger partial charge in [-0.3, -0.25) is 0 Å². The highest BCUT2D eigenvalue weighted by molar-refractivity contribution is 5.85. The van der Waals surface area contributed by atoms with Gasteiger partial charge in [0, 0.05) is 19.5 Å². The summed E-state index contributed by atoms with van der Waals surface area (Å²) < 4.78 is 10.9. The van der Waals surface area contributed by atoms with Gasteiger partial charge in [-0.15, -0.1) is 12.4 Å². The molecule has 0 bridgehead atoms. The molecule has 18 heavy (non-hydrogen) atoms. The lowest BCUT2D eigenvalue weighted by Gasteiger charge is -2.11. The second-order valence-electron chi connectivity index (χ2n) is 4.09. The molecule has 0 atom stereocenters. The van der Waals surface area contributed by atoms with E-state index in [0.717, 1.165) is 36.4 Å². The number of aromatic nitrogens is 1. The highest BCUT2D eigenvalue weighted by atomic mass is 35.5. The summed E-state index contributed by atoms with van der Waals surface area (Å²) >= 11 is 0. The Balaban J connectivity index is 0.00000120. The van der Waals surface area contributed by atoms with Crippen LogP contribution in [0.5, 0.6) is 5.88 Å². The van der Waals surface area contributed by atoms with Crippen molar-refractivity contribution in [2.24, 2.45) is 0 Å². The van der Waals surface area contributed by atoms with Crippen molar-refractivity contribution in [3.63, 3.8) is 0 Å². The molecule has 1 aromatic heterocycles. The lowest BCUT2D eigenvalue weighted by Crippen LogP contribution is -2.22. The molecule has 0 radical (unpaired) electrons.